The number of ether oxygens (including phenoxy) is 3. The van der Waals surface area contributed by atoms with E-state index < -0.39 is 0 Å². The maximum atomic E-state index is 13.1. The van der Waals surface area contributed by atoms with Crippen molar-refractivity contribution in [2.75, 3.05) is 6.61 Å². The number of rotatable bonds is 9. The van der Waals surface area contributed by atoms with Crippen LogP contribution >= 0.6 is 0 Å². The van der Waals surface area contributed by atoms with Gasteiger partial charge in [0.2, 0.25) is 0 Å². The lowest BCUT2D eigenvalue weighted by Crippen LogP contribution is -2.00. The van der Waals surface area contributed by atoms with Crippen LogP contribution < -0.4 is 14.2 Å². The zero-order valence-corrected chi connectivity index (χ0v) is 18.3. The number of para-hydroxylation sites is 1. The second kappa shape index (κ2) is 11.0. The van der Waals surface area contributed by atoms with Gasteiger partial charge in [0.15, 0.2) is 11.5 Å². The second-order valence-corrected chi connectivity index (χ2v) is 7.22. The summed E-state index contributed by atoms with van der Waals surface area (Å²) in [5.41, 5.74) is 2.58. The van der Waals surface area contributed by atoms with Crippen LogP contribution in [0, 0.1) is 5.82 Å². The first kappa shape index (κ1) is 22.1. The fraction of sp³-hybridized carbons (Fsp3) is 0.107. The number of hydrogen-bond donors (Lipinski definition) is 0. The lowest BCUT2D eigenvalue weighted by Gasteiger charge is -2.12. The Labute approximate surface area is 192 Å². The minimum Gasteiger partial charge on any atom is -0.490 e. The predicted molar refractivity (Wildman–Crippen MR) is 129 cm³/mol. The second-order valence-electron chi connectivity index (χ2n) is 7.22. The van der Waals surface area contributed by atoms with Crippen molar-refractivity contribution in [1.29, 1.82) is 0 Å². The molecule has 4 rings (SSSR count). The minimum absolute atomic E-state index is 0.268. The molecule has 0 bridgehead atoms. The van der Waals surface area contributed by atoms with Crippen LogP contribution in [0.25, 0.3) is 0 Å². The molecule has 4 aromatic rings. The molecule has 166 valence electrons. The number of halogens is 1. The van der Waals surface area contributed by atoms with Gasteiger partial charge in [-0.1, -0.05) is 30.3 Å². The molecule has 4 nitrogen and oxygen atoms in total. The maximum absolute atomic E-state index is 13.1. The number of hydrogen-bond acceptors (Lipinski definition) is 4. The highest BCUT2D eigenvalue weighted by Crippen LogP contribution is 2.29. The van der Waals surface area contributed by atoms with Gasteiger partial charge < -0.3 is 14.2 Å². The van der Waals surface area contributed by atoms with Gasteiger partial charge in [-0.2, -0.15) is 0 Å². The van der Waals surface area contributed by atoms with E-state index in [1.807, 2.05) is 79.7 Å². The molecule has 0 N–H and O–H groups in total. The first-order valence-electron chi connectivity index (χ1n) is 10.7. The normalized spacial score (nSPS) is 10.8. The van der Waals surface area contributed by atoms with E-state index in [0.29, 0.717) is 24.7 Å². The Bertz CT molecular complexity index is 1190. The van der Waals surface area contributed by atoms with Crippen LogP contribution in [-0.2, 0) is 6.61 Å². The van der Waals surface area contributed by atoms with Crippen molar-refractivity contribution < 1.29 is 18.6 Å². The molecule has 0 aromatic heterocycles. The molecule has 4 aromatic carbocycles. The van der Waals surface area contributed by atoms with Gasteiger partial charge >= 0.3 is 0 Å². The molecule has 0 aliphatic rings. The van der Waals surface area contributed by atoms with E-state index in [9.17, 15) is 4.39 Å². The Hall–Kier alpha value is -4.12. The summed E-state index contributed by atoms with van der Waals surface area (Å²) in [6.45, 7) is 2.76. The predicted octanol–water partition coefficient (Wildman–Crippen LogP) is 7.35. The summed E-state index contributed by atoms with van der Waals surface area (Å²) in [5, 5.41) is 0. The molecular weight excluding hydrogens is 417 g/mol. The van der Waals surface area contributed by atoms with Crippen molar-refractivity contribution in [3.8, 4) is 23.0 Å². The molecule has 0 radical (unpaired) electrons. The van der Waals surface area contributed by atoms with Gasteiger partial charge in [0.05, 0.1) is 12.3 Å². The minimum atomic E-state index is -0.268. The lowest BCUT2D eigenvalue weighted by molar-refractivity contribution is 0.269. The fourth-order valence-electron chi connectivity index (χ4n) is 3.11. The van der Waals surface area contributed by atoms with Crippen molar-refractivity contribution in [3.63, 3.8) is 0 Å². The fourth-order valence-corrected chi connectivity index (χ4v) is 3.11. The average Bonchev–Trinajstić information content (AvgIpc) is 2.85. The quantitative estimate of drug-likeness (QED) is 0.255. The van der Waals surface area contributed by atoms with Gasteiger partial charge in [-0.25, -0.2) is 4.39 Å². The molecule has 0 atom stereocenters. The third-order valence-corrected chi connectivity index (χ3v) is 4.75. The summed E-state index contributed by atoms with van der Waals surface area (Å²) in [4.78, 5) is 4.54. The number of nitrogens with zero attached hydrogens (tertiary/aromatic N) is 1. The smallest absolute Gasteiger partial charge is 0.161 e. The topological polar surface area (TPSA) is 40.0 Å². The molecule has 0 saturated heterocycles. The average molecular weight is 442 g/mol. The van der Waals surface area contributed by atoms with Gasteiger partial charge in [0.25, 0.3) is 0 Å². The van der Waals surface area contributed by atoms with E-state index in [1.165, 1.54) is 12.1 Å². The van der Waals surface area contributed by atoms with Crippen LogP contribution in [0.5, 0.6) is 23.0 Å². The van der Waals surface area contributed by atoms with Crippen molar-refractivity contribution in [2.45, 2.75) is 13.5 Å². The van der Waals surface area contributed by atoms with Gasteiger partial charge in [0, 0.05) is 6.21 Å². The molecule has 0 spiro atoms. The van der Waals surface area contributed by atoms with Crippen LogP contribution in [0.1, 0.15) is 18.1 Å². The summed E-state index contributed by atoms with van der Waals surface area (Å²) in [7, 11) is 0. The Morgan fingerprint density at radius 1 is 0.758 bits per heavy atom. The Morgan fingerprint density at radius 3 is 2.21 bits per heavy atom. The Balaban J connectivity index is 1.41. The molecular formula is C28H24FNO3. The molecule has 0 aliphatic carbocycles. The van der Waals surface area contributed by atoms with Gasteiger partial charge in [-0.15, -0.1) is 0 Å². The van der Waals surface area contributed by atoms with E-state index in [-0.39, 0.29) is 5.82 Å². The van der Waals surface area contributed by atoms with Crippen molar-refractivity contribution in [1.82, 2.24) is 0 Å². The number of benzene rings is 4. The molecule has 33 heavy (non-hydrogen) atoms. The van der Waals surface area contributed by atoms with Crippen LogP contribution in [0.4, 0.5) is 10.1 Å². The largest absolute Gasteiger partial charge is 0.490 e. The number of aliphatic imine (C=N–C) groups is 1. The van der Waals surface area contributed by atoms with Crippen LogP contribution in [0.2, 0.25) is 0 Å². The molecule has 0 amide bonds. The van der Waals surface area contributed by atoms with E-state index in [2.05, 4.69) is 4.99 Å². The molecule has 0 heterocycles. The highest BCUT2D eigenvalue weighted by molar-refractivity contribution is 5.83. The van der Waals surface area contributed by atoms with E-state index in [1.54, 1.807) is 18.3 Å². The third kappa shape index (κ3) is 6.43. The van der Waals surface area contributed by atoms with Gasteiger partial charge in [-0.05, 0) is 84.8 Å². The third-order valence-electron chi connectivity index (χ3n) is 4.75. The maximum Gasteiger partial charge on any atom is 0.161 e. The van der Waals surface area contributed by atoms with Crippen LogP contribution in [0.3, 0.4) is 0 Å². The van der Waals surface area contributed by atoms with E-state index in [0.717, 1.165) is 28.3 Å². The SMILES string of the molecule is CCOc1cc(C=Nc2ccc(Oc3ccccc3)cc2)ccc1OCc1ccc(F)cc1. The summed E-state index contributed by atoms with van der Waals surface area (Å²) >= 11 is 0. The zero-order valence-electron chi connectivity index (χ0n) is 18.3. The summed E-state index contributed by atoms with van der Waals surface area (Å²) in [5.74, 6) is 2.53. The van der Waals surface area contributed by atoms with Crippen LogP contribution in [-0.4, -0.2) is 12.8 Å². The Morgan fingerprint density at radius 2 is 1.48 bits per heavy atom. The standard InChI is InChI=1S/C28H24FNO3/c1-2-31-28-18-22(10-17-27(28)32-20-21-8-11-23(29)12-9-21)19-30-24-13-15-26(16-14-24)33-25-6-4-3-5-7-25/h3-19H,2,20H2,1H3. The molecule has 0 fully saturated rings. The summed E-state index contributed by atoms with van der Waals surface area (Å²) in [6, 6.07) is 29.1. The van der Waals surface area contributed by atoms with Gasteiger partial charge in [-0.3, -0.25) is 4.99 Å². The van der Waals surface area contributed by atoms with Crippen molar-refractivity contribution in [2.24, 2.45) is 4.99 Å². The highest BCUT2D eigenvalue weighted by Gasteiger charge is 2.07. The zero-order chi connectivity index (χ0) is 22.9. The van der Waals surface area contributed by atoms with E-state index in [4.69, 9.17) is 14.2 Å². The molecule has 5 heteroatoms. The first-order valence-corrected chi connectivity index (χ1v) is 10.7. The van der Waals surface area contributed by atoms with Crippen molar-refractivity contribution >= 4 is 11.9 Å². The van der Waals surface area contributed by atoms with Crippen molar-refractivity contribution in [3.05, 3.63) is 114 Å². The van der Waals surface area contributed by atoms with Gasteiger partial charge in [0.1, 0.15) is 23.9 Å². The highest BCUT2D eigenvalue weighted by atomic mass is 19.1. The first-order chi connectivity index (χ1) is 16.2. The van der Waals surface area contributed by atoms with Crippen LogP contribution in [0.15, 0.2) is 102 Å². The monoisotopic (exact) mass is 441 g/mol. The Kier molecular flexibility index (Phi) is 7.33. The van der Waals surface area contributed by atoms with E-state index >= 15 is 0 Å². The summed E-state index contributed by atoms with van der Waals surface area (Å²) in [6.07, 6.45) is 1.78. The molecule has 0 aliphatic heterocycles. The molecule has 0 saturated carbocycles. The molecule has 0 unspecified atom stereocenters. The lowest BCUT2D eigenvalue weighted by atomic mass is 10.2. The summed E-state index contributed by atoms with van der Waals surface area (Å²) < 4.78 is 30.5.